The van der Waals surface area contributed by atoms with E-state index in [9.17, 15) is 9.90 Å². The Morgan fingerprint density at radius 1 is 1.30 bits per heavy atom. The first-order valence-electron chi connectivity index (χ1n) is 7.66. The monoisotopic (exact) mass is 332 g/mol. The van der Waals surface area contributed by atoms with Gasteiger partial charge in [-0.2, -0.15) is 0 Å². The molecule has 2 amide bonds. The maximum atomic E-state index is 11.8. The maximum Gasteiger partial charge on any atom is 0.314 e. The molecule has 23 heavy (non-hydrogen) atoms. The van der Waals surface area contributed by atoms with Gasteiger partial charge in [-0.1, -0.05) is 24.3 Å². The second kappa shape index (κ2) is 7.48. The summed E-state index contributed by atoms with van der Waals surface area (Å²) >= 11 is 1.47. The quantitative estimate of drug-likeness (QED) is 0.787. The van der Waals surface area contributed by atoms with Crippen LogP contribution in [0.2, 0.25) is 0 Å². The van der Waals surface area contributed by atoms with Crippen LogP contribution in [0.4, 0.5) is 4.79 Å². The van der Waals surface area contributed by atoms with E-state index in [1.807, 2.05) is 35.7 Å². The van der Waals surface area contributed by atoms with Gasteiger partial charge in [0.15, 0.2) is 0 Å². The molecular weight excluding hydrogens is 312 g/mol. The molecule has 0 saturated heterocycles. The summed E-state index contributed by atoms with van der Waals surface area (Å²) in [5.41, 5.74) is 1.18. The highest BCUT2D eigenvalue weighted by molar-refractivity contribution is 7.10. The molecule has 0 radical (unpaired) electrons. The highest BCUT2D eigenvalue weighted by Gasteiger charge is 2.20. The van der Waals surface area contributed by atoms with Crippen molar-refractivity contribution in [3.8, 4) is 5.75 Å². The summed E-state index contributed by atoms with van der Waals surface area (Å²) in [6, 6.07) is 11.5. The van der Waals surface area contributed by atoms with Gasteiger partial charge >= 0.3 is 6.03 Å². The van der Waals surface area contributed by atoms with Crippen molar-refractivity contribution in [3.63, 3.8) is 0 Å². The molecule has 2 aromatic rings. The van der Waals surface area contributed by atoms with Crippen molar-refractivity contribution < 1.29 is 14.6 Å². The van der Waals surface area contributed by atoms with Gasteiger partial charge in [-0.3, -0.25) is 0 Å². The lowest BCUT2D eigenvalue weighted by Crippen LogP contribution is -2.41. The van der Waals surface area contributed by atoms with Crippen LogP contribution in [0.1, 0.15) is 16.5 Å². The lowest BCUT2D eigenvalue weighted by atomic mass is 9.97. The fourth-order valence-electron chi connectivity index (χ4n) is 2.59. The zero-order chi connectivity index (χ0) is 16.1. The number of aliphatic hydroxyl groups is 1. The fourth-order valence-corrected chi connectivity index (χ4v) is 3.30. The average Bonchev–Trinajstić information content (AvgIpc) is 3.12. The minimum absolute atomic E-state index is 0.205. The number of benzene rings is 1. The largest absolute Gasteiger partial charge is 0.493 e. The smallest absolute Gasteiger partial charge is 0.314 e. The van der Waals surface area contributed by atoms with Gasteiger partial charge in [0.2, 0.25) is 0 Å². The number of rotatable bonds is 5. The van der Waals surface area contributed by atoms with E-state index in [-0.39, 0.29) is 18.5 Å². The average molecular weight is 332 g/mol. The molecule has 1 aromatic heterocycles. The van der Waals surface area contributed by atoms with E-state index in [4.69, 9.17) is 4.74 Å². The topological polar surface area (TPSA) is 70.6 Å². The number of hydrogen-bond acceptors (Lipinski definition) is 4. The standard InChI is InChI=1S/C17H20N2O3S/c20-14(16-6-3-7-23-16)10-19-17(21)18-9-12-8-13-4-1-2-5-15(13)22-11-12/h1-7,12,14,20H,8-11H2,(H2,18,19,21)/t12-,14+/m0/s1. The summed E-state index contributed by atoms with van der Waals surface area (Å²) in [5.74, 6) is 1.20. The van der Waals surface area contributed by atoms with E-state index in [0.717, 1.165) is 17.0 Å². The first-order chi connectivity index (χ1) is 11.2. The van der Waals surface area contributed by atoms with Crippen LogP contribution in [0.5, 0.6) is 5.75 Å². The lowest BCUT2D eigenvalue weighted by molar-refractivity contribution is 0.175. The van der Waals surface area contributed by atoms with Crippen molar-refractivity contribution >= 4 is 17.4 Å². The normalized spacial score (nSPS) is 17.7. The van der Waals surface area contributed by atoms with E-state index in [1.165, 1.54) is 16.9 Å². The number of amides is 2. The Balaban J connectivity index is 1.40. The third kappa shape index (κ3) is 4.24. The Morgan fingerprint density at radius 2 is 2.17 bits per heavy atom. The molecule has 6 heteroatoms. The molecule has 0 fully saturated rings. The third-order valence-electron chi connectivity index (χ3n) is 3.83. The summed E-state index contributed by atoms with van der Waals surface area (Å²) < 4.78 is 5.71. The van der Waals surface area contributed by atoms with Gasteiger partial charge < -0.3 is 20.5 Å². The van der Waals surface area contributed by atoms with Gasteiger partial charge in [0.25, 0.3) is 0 Å². The van der Waals surface area contributed by atoms with Crippen molar-refractivity contribution in [2.75, 3.05) is 19.7 Å². The summed E-state index contributed by atoms with van der Waals surface area (Å²) in [6.45, 7) is 1.36. The second-order valence-corrected chi connectivity index (χ2v) is 6.59. The van der Waals surface area contributed by atoms with Crippen LogP contribution in [0.25, 0.3) is 0 Å². The van der Waals surface area contributed by atoms with Gasteiger partial charge in [0.05, 0.1) is 13.2 Å². The Morgan fingerprint density at radius 3 is 3.00 bits per heavy atom. The van der Waals surface area contributed by atoms with Crippen LogP contribution < -0.4 is 15.4 Å². The predicted octanol–water partition coefficient (Wildman–Crippen LogP) is 2.33. The van der Waals surface area contributed by atoms with Crippen molar-refractivity contribution in [1.29, 1.82) is 0 Å². The van der Waals surface area contributed by atoms with Crippen LogP contribution in [0.3, 0.4) is 0 Å². The number of carbonyl (C=O) groups excluding carboxylic acids is 1. The Bertz CT molecular complexity index is 645. The van der Waals surface area contributed by atoms with Crippen molar-refractivity contribution in [2.45, 2.75) is 12.5 Å². The number of hydrogen-bond donors (Lipinski definition) is 3. The van der Waals surface area contributed by atoms with Gasteiger partial charge in [0, 0.05) is 17.3 Å². The summed E-state index contributed by atoms with van der Waals surface area (Å²) in [7, 11) is 0. The first-order valence-corrected chi connectivity index (χ1v) is 8.54. The van der Waals surface area contributed by atoms with Crippen molar-refractivity contribution in [3.05, 3.63) is 52.2 Å². The first kappa shape index (κ1) is 15.8. The zero-order valence-electron chi connectivity index (χ0n) is 12.7. The zero-order valence-corrected chi connectivity index (χ0v) is 13.5. The number of ether oxygens (including phenoxy) is 1. The van der Waals surface area contributed by atoms with Crippen LogP contribution in [-0.2, 0) is 6.42 Å². The van der Waals surface area contributed by atoms with E-state index in [2.05, 4.69) is 16.7 Å². The molecule has 0 spiro atoms. The maximum absolute atomic E-state index is 11.8. The van der Waals surface area contributed by atoms with Crippen LogP contribution in [-0.4, -0.2) is 30.8 Å². The van der Waals surface area contributed by atoms with E-state index in [0.29, 0.717) is 13.2 Å². The summed E-state index contributed by atoms with van der Waals surface area (Å²) in [6.07, 6.45) is 0.236. The number of fused-ring (bicyclic) bond motifs is 1. The third-order valence-corrected chi connectivity index (χ3v) is 4.81. The number of nitrogens with one attached hydrogen (secondary N) is 2. The van der Waals surface area contributed by atoms with Gasteiger partial charge in [0.1, 0.15) is 11.9 Å². The molecule has 2 heterocycles. The summed E-state index contributed by atoms with van der Waals surface area (Å²) in [4.78, 5) is 12.7. The van der Waals surface area contributed by atoms with Crippen molar-refractivity contribution in [1.82, 2.24) is 10.6 Å². The fraction of sp³-hybridized carbons (Fsp3) is 0.353. The molecule has 0 unspecified atom stereocenters. The SMILES string of the molecule is O=C(NC[C@H]1COc2ccccc2C1)NC[C@@H](O)c1cccs1. The van der Waals surface area contributed by atoms with Crippen LogP contribution in [0, 0.1) is 5.92 Å². The minimum Gasteiger partial charge on any atom is -0.493 e. The van der Waals surface area contributed by atoms with Gasteiger partial charge in [-0.25, -0.2) is 4.79 Å². The lowest BCUT2D eigenvalue weighted by Gasteiger charge is -2.25. The number of aliphatic hydroxyl groups excluding tert-OH is 1. The number of urea groups is 1. The molecule has 2 atom stereocenters. The molecule has 5 nitrogen and oxygen atoms in total. The Kier molecular flexibility index (Phi) is 5.15. The molecule has 0 aliphatic carbocycles. The predicted molar refractivity (Wildman–Crippen MR) is 89.8 cm³/mol. The molecule has 1 aromatic carbocycles. The highest BCUT2D eigenvalue weighted by Crippen LogP contribution is 2.26. The van der Waals surface area contributed by atoms with Gasteiger partial charge in [-0.15, -0.1) is 11.3 Å². The Labute approximate surface area is 139 Å². The van der Waals surface area contributed by atoms with Gasteiger partial charge in [-0.05, 0) is 29.5 Å². The van der Waals surface area contributed by atoms with E-state index >= 15 is 0 Å². The molecule has 0 saturated carbocycles. The highest BCUT2D eigenvalue weighted by atomic mass is 32.1. The number of carbonyl (C=O) groups is 1. The van der Waals surface area contributed by atoms with E-state index < -0.39 is 6.10 Å². The van der Waals surface area contributed by atoms with Crippen LogP contribution >= 0.6 is 11.3 Å². The van der Waals surface area contributed by atoms with E-state index in [1.54, 1.807) is 0 Å². The molecular formula is C17H20N2O3S. The van der Waals surface area contributed by atoms with Crippen molar-refractivity contribution in [2.24, 2.45) is 5.92 Å². The summed E-state index contributed by atoms with van der Waals surface area (Å²) in [5, 5.41) is 17.4. The number of thiophene rings is 1. The van der Waals surface area contributed by atoms with Crippen LogP contribution in [0.15, 0.2) is 41.8 Å². The molecule has 0 bridgehead atoms. The Hall–Kier alpha value is -2.05. The minimum atomic E-state index is -0.661. The molecule has 1 aliphatic rings. The molecule has 3 rings (SSSR count). The molecule has 122 valence electrons. The number of para-hydroxylation sites is 1. The molecule has 1 aliphatic heterocycles. The second-order valence-electron chi connectivity index (χ2n) is 5.61. The molecule has 3 N–H and O–H groups in total.